The third-order valence-corrected chi connectivity index (χ3v) is 2.32. The highest BCUT2D eigenvalue weighted by Gasteiger charge is 2.12. The molecular weight excluding hydrogens is 174 g/mol. The van der Waals surface area contributed by atoms with Crippen molar-refractivity contribution in [1.29, 1.82) is 0 Å². The molecule has 72 valence electrons. The van der Waals surface area contributed by atoms with Crippen LogP contribution in [0.3, 0.4) is 0 Å². The van der Waals surface area contributed by atoms with Crippen LogP contribution in [-0.2, 0) is 0 Å². The Labute approximate surface area is 83.0 Å². The topological polar surface area (TPSA) is 54.7 Å². The van der Waals surface area contributed by atoms with E-state index in [1.54, 1.807) is 6.20 Å². The van der Waals surface area contributed by atoms with Crippen LogP contribution in [-0.4, -0.2) is 16.5 Å². The molecule has 0 aliphatic heterocycles. The van der Waals surface area contributed by atoms with E-state index in [4.69, 9.17) is 5.73 Å². The van der Waals surface area contributed by atoms with Crippen molar-refractivity contribution in [3.8, 4) is 0 Å². The highest BCUT2D eigenvalue weighted by atomic mass is 14.7. The van der Waals surface area contributed by atoms with Crippen molar-refractivity contribution in [3.63, 3.8) is 0 Å². The van der Waals surface area contributed by atoms with Gasteiger partial charge >= 0.3 is 0 Å². The van der Waals surface area contributed by atoms with E-state index in [1.165, 1.54) is 0 Å². The van der Waals surface area contributed by atoms with Gasteiger partial charge in [0.05, 0.1) is 0 Å². The predicted octanol–water partition coefficient (Wildman–Crippen LogP) is 1.50. The molecule has 2 aromatic heterocycles. The first-order valence-corrected chi connectivity index (χ1v) is 4.65. The van der Waals surface area contributed by atoms with Gasteiger partial charge in [0.1, 0.15) is 0 Å². The second kappa shape index (κ2) is 4.07. The maximum absolute atomic E-state index is 5.75. The maximum Gasteiger partial charge on any atom is 0.0378 e. The summed E-state index contributed by atoms with van der Waals surface area (Å²) in [5.74, 6) is 0.221. The Bertz CT molecular complexity index is 367. The molecule has 0 unspecified atom stereocenters. The SMILES string of the molecule is NC[C@@H](c1cccnc1)c1ccc[nH]1. The minimum atomic E-state index is 0.221. The Morgan fingerprint density at radius 3 is 2.86 bits per heavy atom. The van der Waals surface area contributed by atoms with Crippen molar-refractivity contribution in [1.82, 2.24) is 9.97 Å². The highest BCUT2D eigenvalue weighted by Crippen LogP contribution is 2.20. The van der Waals surface area contributed by atoms with Crippen LogP contribution in [0.2, 0.25) is 0 Å². The zero-order valence-corrected chi connectivity index (χ0v) is 7.85. The molecule has 0 amide bonds. The van der Waals surface area contributed by atoms with E-state index in [0.717, 1.165) is 11.3 Å². The standard InChI is InChI=1S/C11H13N3/c12-7-10(11-4-2-6-14-11)9-3-1-5-13-8-9/h1-6,8,10,14H,7,12H2/t10-/m0/s1. The van der Waals surface area contributed by atoms with Gasteiger partial charge in [-0.15, -0.1) is 0 Å². The van der Waals surface area contributed by atoms with Gasteiger partial charge in [0.2, 0.25) is 0 Å². The van der Waals surface area contributed by atoms with Crippen molar-refractivity contribution in [2.24, 2.45) is 5.73 Å². The summed E-state index contributed by atoms with van der Waals surface area (Å²) < 4.78 is 0. The van der Waals surface area contributed by atoms with Gasteiger partial charge in [-0.3, -0.25) is 4.98 Å². The lowest BCUT2D eigenvalue weighted by Crippen LogP contribution is -2.14. The Hall–Kier alpha value is -1.61. The van der Waals surface area contributed by atoms with E-state index in [0.29, 0.717) is 6.54 Å². The summed E-state index contributed by atoms with van der Waals surface area (Å²) in [5, 5.41) is 0. The number of hydrogen-bond donors (Lipinski definition) is 2. The zero-order chi connectivity index (χ0) is 9.80. The minimum Gasteiger partial charge on any atom is -0.364 e. The van der Waals surface area contributed by atoms with Crippen LogP contribution in [0.4, 0.5) is 0 Å². The summed E-state index contributed by atoms with van der Waals surface area (Å²) in [5.41, 5.74) is 8.04. The van der Waals surface area contributed by atoms with Crippen LogP contribution in [0.1, 0.15) is 17.2 Å². The number of hydrogen-bond acceptors (Lipinski definition) is 2. The Morgan fingerprint density at radius 1 is 1.36 bits per heavy atom. The second-order valence-electron chi connectivity index (χ2n) is 3.20. The van der Waals surface area contributed by atoms with Gasteiger partial charge in [-0.05, 0) is 23.8 Å². The minimum absolute atomic E-state index is 0.221. The van der Waals surface area contributed by atoms with Gasteiger partial charge in [0.15, 0.2) is 0 Å². The number of nitrogens with two attached hydrogens (primary N) is 1. The quantitative estimate of drug-likeness (QED) is 0.765. The first-order chi connectivity index (χ1) is 6.92. The summed E-state index contributed by atoms with van der Waals surface area (Å²) in [6.07, 6.45) is 5.54. The van der Waals surface area contributed by atoms with E-state index in [1.807, 2.05) is 36.7 Å². The summed E-state index contributed by atoms with van der Waals surface area (Å²) in [7, 11) is 0. The van der Waals surface area contributed by atoms with E-state index in [9.17, 15) is 0 Å². The molecule has 1 atom stereocenters. The fourth-order valence-electron chi connectivity index (χ4n) is 1.59. The van der Waals surface area contributed by atoms with Crippen molar-refractivity contribution >= 4 is 0 Å². The number of H-pyrrole nitrogens is 1. The van der Waals surface area contributed by atoms with Crippen LogP contribution in [0, 0.1) is 0 Å². The Balaban J connectivity index is 2.31. The molecule has 0 saturated carbocycles. The fourth-order valence-corrected chi connectivity index (χ4v) is 1.59. The van der Waals surface area contributed by atoms with Crippen molar-refractivity contribution in [2.45, 2.75) is 5.92 Å². The van der Waals surface area contributed by atoms with Gasteiger partial charge < -0.3 is 10.7 Å². The molecule has 0 aliphatic rings. The lowest BCUT2D eigenvalue weighted by Gasteiger charge is -2.12. The lowest BCUT2D eigenvalue weighted by molar-refractivity contribution is 0.790. The third kappa shape index (κ3) is 1.67. The molecule has 2 aromatic rings. The molecule has 3 nitrogen and oxygen atoms in total. The molecule has 0 radical (unpaired) electrons. The first-order valence-electron chi connectivity index (χ1n) is 4.65. The number of nitrogens with one attached hydrogen (secondary N) is 1. The third-order valence-electron chi connectivity index (χ3n) is 2.32. The van der Waals surface area contributed by atoms with E-state index in [2.05, 4.69) is 9.97 Å². The van der Waals surface area contributed by atoms with E-state index in [-0.39, 0.29) is 5.92 Å². The van der Waals surface area contributed by atoms with Gasteiger partial charge in [-0.1, -0.05) is 6.07 Å². The van der Waals surface area contributed by atoms with Gasteiger partial charge in [0.25, 0.3) is 0 Å². The molecule has 14 heavy (non-hydrogen) atoms. The Morgan fingerprint density at radius 2 is 2.29 bits per heavy atom. The van der Waals surface area contributed by atoms with Crippen LogP contribution in [0.25, 0.3) is 0 Å². The Kier molecular flexibility index (Phi) is 2.60. The summed E-state index contributed by atoms with van der Waals surface area (Å²) >= 11 is 0. The van der Waals surface area contributed by atoms with Gasteiger partial charge in [-0.2, -0.15) is 0 Å². The summed E-state index contributed by atoms with van der Waals surface area (Å²) in [6, 6.07) is 8.01. The number of nitrogens with zero attached hydrogens (tertiary/aromatic N) is 1. The smallest absolute Gasteiger partial charge is 0.0378 e. The highest BCUT2D eigenvalue weighted by molar-refractivity contribution is 5.26. The normalized spacial score (nSPS) is 12.6. The van der Waals surface area contributed by atoms with E-state index >= 15 is 0 Å². The van der Waals surface area contributed by atoms with E-state index < -0.39 is 0 Å². The summed E-state index contributed by atoms with van der Waals surface area (Å²) in [4.78, 5) is 7.27. The molecule has 2 rings (SSSR count). The van der Waals surface area contributed by atoms with Crippen LogP contribution in [0.5, 0.6) is 0 Å². The van der Waals surface area contributed by atoms with Crippen LogP contribution >= 0.6 is 0 Å². The monoisotopic (exact) mass is 187 g/mol. The number of aromatic nitrogens is 2. The van der Waals surface area contributed by atoms with Crippen molar-refractivity contribution in [3.05, 3.63) is 54.1 Å². The molecule has 3 heteroatoms. The number of rotatable bonds is 3. The molecule has 3 N–H and O–H groups in total. The molecule has 0 aromatic carbocycles. The zero-order valence-electron chi connectivity index (χ0n) is 7.85. The fraction of sp³-hybridized carbons (Fsp3) is 0.182. The van der Waals surface area contributed by atoms with Crippen molar-refractivity contribution in [2.75, 3.05) is 6.54 Å². The molecule has 0 saturated heterocycles. The average Bonchev–Trinajstić information content (AvgIpc) is 2.74. The van der Waals surface area contributed by atoms with Gasteiger partial charge in [0, 0.05) is 36.7 Å². The number of aromatic amines is 1. The largest absolute Gasteiger partial charge is 0.364 e. The van der Waals surface area contributed by atoms with Crippen LogP contribution in [0.15, 0.2) is 42.9 Å². The molecule has 0 fully saturated rings. The summed E-state index contributed by atoms with van der Waals surface area (Å²) in [6.45, 7) is 0.589. The maximum atomic E-state index is 5.75. The van der Waals surface area contributed by atoms with Crippen molar-refractivity contribution < 1.29 is 0 Å². The van der Waals surface area contributed by atoms with Crippen LogP contribution < -0.4 is 5.73 Å². The molecule has 0 aliphatic carbocycles. The molecule has 0 spiro atoms. The van der Waals surface area contributed by atoms with Gasteiger partial charge in [-0.25, -0.2) is 0 Å². The first kappa shape index (κ1) is 8.97. The lowest BCUT2D eigenvalue weighted by atomic mass is 9.98. The molecule has 0 bridgehead atoms. The molecule has 2 heterocycles. The molecular formula is C11H13N3. The second-order valence-corrected chi connectivity index (χ2v) is 3.20. The average molecular weight is 187 g/mol. The predicted molar refractivity (Wildman–Crippen MR) is 55.9 cm³/mol. The number of pyridine rings is 1.